The predicted molar refractivity (Wildman–Crippen MR) is 128 cm³/mol. The van der Waals surface area contributed by atoms with Gasteiger partial charge >= 0.3 is 0 Å². The number of nitrogens with zero attached hydrogens (tertiary/aromatic N) is 3. The van der Waals surface area contributed by atoms with Crippen LogP contribution in [0.25, 0.3) is 21.5 Å². The van der Waals surface area contributed by atoms with Gasteiger partial charge in [0.05, 0.1) is 24.1 Å². The third kappa shape index (κ3) is 5.36. The van der Waals surface area contributed by atoms with E-state index >= 15 is 0 Å². The van der Waals surface area contributed by atoms with Gasteiger partial charge in [-0.15, -0.1) is 11.3 Å². The van der Waals surface area contributed by atoms with Gasteiger partial charge < -0.3 is 26.3 Å². The monoisotopic (exact) mass is 464 g/mol. The molecule has 0 unspecified atom stereocenters. The van der Waals surface area contributed by atoms with Crippen LogP contribution in [0.3, 0.4) is 0 Å². The first kappa shape index (κ1) is 22.4. The predicted octanol–water partition coefficient (Wildman–Crippen LogP) is 3.00. The standard InChI is InChI=1S/C23H24N6O3S/c1-31-16-5-2-4-14(10-16)13-27-21(30)22-29-20-18(32-9-3-7-24)11-15(12-19(20)33-22)17-6-8-26-23(25)28-17/h2,4-6,8,10-12H,3,7,9,13,24H2,1H3,(H,27,30)(H2,25,26,28). The van der Waals surface area contributed by atoms with Crippen molar-refractivity contribution in [3.05, 3.63) is 59.2 Å². The van der Waals surface area contributed by atoms with Crippen molar-refractivity contribution in [2.45, 2.75) is 13.0 Å². The molecule has 33 heavy (non-hydrogen) atoms. The van der Waals surface area contributed by atoms with E-state index in [1.807, 2.05) is 36.4 Å². The molecule has 170 valence electrons. The molecule has 0 radical (unpaired) electrons. The number of carbonyl (C=O) groups is 1. The van der Waals surface area contributed by atoms with Gasteiger partial charge in [0.1, 0.15) is 17.0 Å². The summed E-state index contributed by atoms with van der Waals surface area (Å²) in [5, 5.41) is 3.26. The molecule has 0 aliphatic heterocycles. The van der Waals surface area contributed by atoms with E-state index in [1.165, 1.54) is 11.3 Å². The highest BCUT2D eigenvalue weighted by Gasteiger charge is 2.17. The number of ether oxygens (including phenoxy) is 2. The Hall–Kier alpha value is -3.76. The molecule has 1 amide bonds. The molecular weight excluding hydrogens is 440 g/mol. The van der Waals surface area contributed by atoms with E-state index in [0.29, 0.717) is 48.1 Å². The Kier molecular flexibility index (Phi) is 6.96. The van der Waals surface area contributed by atoms with Crippen molar-refractivity contribution in [2.75, 3.05) is 26.0 Å². The fourth-order valence-corrected chi connectivity index (χ4v) is 4.13. The van der Waals surface area contributed by atoms with Crippen molar-refractivity contribution in [1.29, 1.82) is 0 Å². The first-order valence-corrected chi connectivity index (χ1v) is 11.2. The summed E-state index contributed by atoms with van der Waals surface area (Å²) in [6.45, 7) is 1.31. The zero-order chi connectivity index (χ0) is 23.2. The number of methoxy groups -OCH3 is 1. The summed E-state index contributed by atoms with van der Waals surface area (Å²) in [6, 6.07) is 13.1. The van der Waals surface area contributed by atoms with Gasteiger partial charge in [-0.1, -0.05) is 12.1 Å². The number of rotatable bonds is 9. The van der Waals surface area contributed by atoms with E-state index in [4.69, 9.17) is 20.9 Å². The Balaban J connectivity index is 1.62. The summed E-state index contributed by atoms with van der Waals surface area (Å²) in [5.74, 6) is 1.22. The number of fused-ring (bicyclic) bond motifs is 1. The van der Waals surface area contributed by atoms with Crippen LogP contribution in [0.5, 0.6) is 11.5 Å². The summed E-state index contributed by atoms with van der Waals surface area (Å²) in [6.07, 6.45) is 2.30. The van der Waals surface area contributed by atoms with Gasteiger partial charge in [-0.3, -0.25) is 4.79 Å². The summed E-state index contributed by atoms with van der Waals surface area (Å²) in [4.78, 5) is 25.6. The zero-order valence-electron chi connectivity index (χ0n) is 18.1. The Morgan fingerprint density at radius 1 is 1.18 bits per heavy atom. The van der Waals surface area contributed by atoms with Crippen LogP contribution < -0.4 is 26.3 Å². The maximum Gasteiger partial charge on any atom is 0.280 e. The Morgan fingerprint density at radius 3 is 2.85 bits per heavy atom. The maximum absolute atomic E-state index is 12.8. The summed E-state index contributed by atoms with van der Waals surface area (Å²) in [7, 11) is 1.61. The molecule has 4 rings (SSSR count). The zero-order valence-corrected chi connectivity index (χ0v) is 18.9. The maximum atomic E-state index is 12.8. The number of amides is 1. The lowest BCUT2D eigenvalue weighted by Gasteiger charge is -2.09. The number of aromatic nitrogens is 3. The number of nitrogens with two attached hydrogens (primary N) is 2. The number of anilines is 1. The van der Waals surface area contributed by atoms with Crippen molar-refractivity contribution in [2.24, 2.45) is 5.73 Å². The van der Waals surface area contributed by atoms with E-state index in [9.17, 15) is 4.79 Å². The van der Waals surface area contributed by atoms with Crippen LogP contribution in [0.2, 0.25) is 0 Å². The van der Waals surface area contributed by atoms with Crippen molar-refractivity contribution in [3.8, 4) is 22.8 Å². The average molecular weight is 465 g/mol. The van der Waals surface area contributed by atoms with Crippen LogP contribution >= 0.6 is 11.3 Å². The van der Waals surface area contributed by atoms with Crippen LogP contribution in [0, 0.1) is 0 Å². The van der Waals surface area contributed by atoms with Crippen LogP contribution in [0.4, 0.5) is 5.95 Å². The van der Waals surface area contributed by atoms with Crippen LogP contribution in [-0.4, -0.2) is 41.1 Å². The van der Waals surface area contributed by atoms with Gasteiger partial charge in [-0.05, 0) is 48.9 Å². The Bertz CT molecular complexity index is 1280. The SMILES string of the molecule is COc1cccc(CNC(=O)c2nc3c(OCCCN)cc(-c4ccnc(N)n4)cc3s2)c1. The lowest BCUT2D eigenvalue weighted by molar-refractivity contribution is 0.0950. The molecular formula is C23H24N6O3S. The van der Waals surface area contributed by atoms with E-state index in [1.54, 1.807) is 19.4 Å². The van der Waals surface area contributed by atoms with Crippen LogP contribution in [0.15, 0.2) is 48.7 Å². The number of nitrogen functional groups attached to an aromatic ring is 1. The summed E-state index contributed by atoms with van der Waals surface area (Å²) >= 11 is 1.29. The molecule has 10 heteroatoms. The second-order valence-electron chi connectivity index (χ2n) is 7.17. The Morgan fingerprint density at radius 2 is 2.06 bits per heavy atom. The van der Waals surface area contributed by atoms with Crippen molar-refractivity contribution < 1.29 is 14.3 Å². The van der Waals surface area contributed by atoms with E-state index in [2.05, 4.69) is 20.3 Å². The van der Waals surface area contributed by atoms with Gasteiger partial charge in [-0.25, -0.2) is 15.0 Å². The molecule has 2 aromatic carbocycles. The smallest absolute Gasteiger partial charge is 0.280 e. The second kappa shape index (κ2) is 10.2. The summed E-state index contributed by atoms with van der Waals surface area (Å²) < 4.78 is 12.0. The van der Waals surface area contributed by atoms with Gasteiger partial charge in [0.25, 0.3) is 5.91 Å². The van der Waals surface area contributed by atoms with Gasteiger partial charge in [0.15, 0.2) is 5.01 Å². The highest BCUT2D eigenvalue weighted by Crippen LogP contribution is 2.35. The molecule has 4 aromatic rings. The average Bonchev–Trinajstić information content (AvgIpc) is 3.27. The molecule has 2 heterocycles. The van der Waals surface area contributed by atoms with Crippen LogP contribution in [0.1, 0.15) is 21.8 Å². The first-order chi connectivity index (χ1) is 16.1. The number of hydrogen-bond acceptors (Lipinski definition) is 9. The first-order valence-electron chi connectivity index (χ1n) is 10.3. The number of hydrogen-bond donors (Lipinski definition) is 3. The van der Waals surface area contributed by atoms with E-state index in [0.717, 1.165) is 21.6 Å². The highest BCUT2D eigenvalue weighted by molar-refractivity contribution is 7.20. The summed E-state index contributed by atoms with van der Waals surface area (Å²) in [5.41, 5.74) is 14.4. The number of benzene rings is 2. The normalized spacial score (nSPS) is 10.8. The van der Waals surface area contributed by atoms with E-state index < -0.39 is 0 Å². The minimum absolute atomic E-state index is 0.181. The minimum atomic E-state index is -0.264. The Labute approximate surface area is 194 Å². The quantitative estimate of drug-likeness (QED) is 0.321. The molecule has 5 N–H and O–H groups in total. The number of carbonyl (C=O) groups excluding carboxylic acids is 1. The number of thiazole rings is 1. The van der Waals surface area contributed by atoms with Crippen molar-refractivity contribution in [1.82, 2.24) is 20.3 Å². The molecule has 9 nitrogen and oxygen atoms in total. The van der Waals surface area contributed by atoms with Crippen molar-refractivity contribution >= 4 is 33.4 Å². The molecule has 0 aliphatic rings. The highest BCUT2D eigenvalue weighted by atomic mass is 32.1. The molecule has 0 aliphatic carbocycles. The topological polar surface area (TPSA) is 138 Å². The van der Waals surface area contributed by atoms with Crippen molar-refractivity contribution in [3.63, 3.8) is 0 Å². The molecule has 0 spiro atoms. The molecule has 0 fully saturated rings. The van der Waals surface area contributed by atoms with Gasteiger partial charge in [0.2, 0.25) is 5.95 Å². The van der Waals surface area contributed by atoms with Gasteiger partial charge in [0, 0.05) is 18.3 Å². The molecule has 2 aromatic heterocycles. The largest absolute Gasteiger partial charge is 0.497 e. The third-order valence-corrected chi connectivity index (χ3v) is 5.82. The molecule has 0 atom stereocenters. The lowest BCUT2D eigenvalue weighted by atomic mass is 10.1. The third-order valence-electron chi connectivity index (χ3n) is 4.82. The minimum Gasteiger partial charge on any atom is -0.497 e. The molecule has 0 saturated carbocycles. The number of nitrogens with one attached hydrogen (secondary N) is 1. The lowest BCUT2D eigenvalue weighted by Crippen LogP contribution is -2.22. The second-order valence-corrected chi connectivity index (χ2v) is 8.20. The molecule has 0 saturated heterocycles. The van der Waals surface area contributed by atoms with Gasteiger partial charge in [-0.2, -0.15) is 0 Å². The molecule has 0 bridgehead atoms. The fourth-order valence-electron chi connectivity index (χ4n) is 3.19. The van der Waals surface area contributed by atoms with Crippen LogP contribution in [-0.2, 0) is 6.54 Å². The fraction of sp³-hybridized carbons (Fsp3) is 0.217. The van der Waals surface area contributed by atoms with E-state index in [-0.39, 0.29) is 11.9 Å².